The maximum absolute atomic E-state index is 11.8. The second-order valence-electron chi connectivity index (χ2n) is 6.41. The molecule has 4 nitrogen and oxygen atoms in total. The molecular weight excluding hydrogens is 290 g/mol. The normalized spacial score (nSPS) is 12.3. The molecule has 0 saturated carbocycles. The monoisotopic (exact) mass is 329 g/mol. The average Bonchev–Trinajstić information content (AvgIpc) is 2.56. The van der Waals surface area contributed by atoms with Gasteiger partial charge in [0, 0.05) is 19.6 Å². The summed E-state index contributed by atoms with van der Waals surface area (Å²) in [6.07, 6.45) is 13.7. The van der Waals surface area contributed by atoms with Crippen LogP contribution in [0.15, 0.2) is 0 Å². The Balaban J connectivity index is 3.41. The Morgan fingerprint density at radius 1 is 0.913 bits per heavy atom. The van der Waals surface area contributed by atoms with Gasteiger partial charge in [-0.25, -0.2) is 0 Å². The minimum absolute atomic E-state index is 0.0397. The lowest BCUT2D eigenvalue weighted by Gasteiger charge is -2.16. The second-order valence-corrected chi connectivity index (χ2v) is 6.41. The van der Waals surface area contributed by atoms with Crippen LogP contribution in [0.2, 0.25) is 0 Å². The van der Waals surface area contributed by atoms with Crippen molar-refractivity contribution in [1.29, 1.82) is 0 Å². The zero-order chi connectivity index (χ0) is 17.2. The number of hydrogen-bond donors (Lipinski definition) is 2. The highest BCUT2D eigenvalue weighted by molar-refractivity contribution is 5.75. The maximum Gasteiger partial charge on any atom is 0.220 e. The van der Waals surface area contributed by atoms with Gasteiger partial charge in [0.25, 0.3) is 0 Å². The van der Waals surface area contributed by atoms with E-state index in [1.165, 1.54) is 44.9 Å². The van der Waals surface area contributed by atoms with Crippen LogP contribution in [-0.4, -0.2) is 36.9 Å². The van der Waals surface area contributed by atoms with Gasteiger partial charge in [-0.2, -0.15) is 0 Å². The van der Waals surface area contributed by atoms with Crippen LogP contribution in [0.4, 0.5) is 0 Å². The Morgan fingerprint density at radius 2 is 1.48 bits per heavy atom. The van der Waals surface area contributed by atoms with Crippen LogP contribution in [-0.2, 0) is 9.53 Å². The number of unbranched alkanes of at least 4 members (excludes halogenated alkanes) is 9. The summed E-state index contributed by atoms with van der Waals surface area (Å²) < 4.78 is 5.52. The van der Waals surface area contributed by atoms with Gasteiger partial charge in [0.15, 0.2) is 0 Å². The highest BCUT2D eigenvalue weighted by Crippen LogP contribution is 2.10. The first-order valence-electron chi connectivity index (χ1n) is 9.73. The molecule has 0 fully saturated rings. The molecule has 0 unspecified atom stereocenters. The number of aliphatic hydroxyl groups is 1. The van der Waals surface area contributed by atoms with Crippen LogP contribution < -0.4 is 5.32 Å². The summed E-state index contributed by atoms with van der Waals surface area (Å²) in [6, 6.07) is 0. The van der Waals surface area contributed by atoms with Crippen molar-refractivity contribution in [2.45, 2.75) is 97.0 Å². The SMILES string of the molecule is CCCCCCCCCCCC(=O)NC[C@H](CO)OCCCC. The van der Waals surface area contributed by atoms with Gasteiger partial charge in [-0.05, 0) is 12.8 Å². The molecule has 0 heterocycles. The summed E-state index contributed by atoms with van der Waals surface area (Å²) >= 11 is 0. The first-order chi connectivity index (χ1) is 11.2. The molecule has 0 aromatic heterocycles. The summed E-state index contributed by atoms with van der Waals surface area (Å²) in [6.45, 7) is 5.36. The van der Waals surface area contributed by atoms with Gasteiger partial charge in [0.05, 0.1) is 12.7 Å². The molecule has 23 heavy (non-hydrogen) atoms. The number of amides is 1. The number of hydrogen-bond acceptors (Lipinski definition) is 3. The standard InChI is InChI=1S/C19H39NO3/c1-3-5-7-8-9-10-11-12-13-14-19(22)20-16-18(17-21)23-15-6-4-2/h18,21H,3-17H2,1-2H3,(H,20,22)/t18-/m1/s1. The lowest BCUT2D eigenvalue weighted by Crippen LogP contribution is -2.35. The maximum atomic E-state index is 11.8. The van der Waals surface area contributed by atoms with Gasteiger partial charge < -0.3 is 15.2 Å². The molecule has 0 spiro atoms. The highest BCUT2D eigenvalue weighted by Gasteiger charge is 2.09. The van der Waals surface area contributed by atoms with E-state index in [0.717, 1.165) is 25.7 Å². The van der Waals surface area contributed by atoms with Crippen molar-refractivity contribution in [3.8, 4) is 0 Å². The molecule has 0 aromatic carbocycles. The van der Waals surface area contributed by atoms with Crippen LogP contribution in [0.1, 0.15) is 90.9 Å². The summed E-state index contributed by atoms with van der Waals surface area (Å²) in [4.78, 5) is 11.8. The third-order valence-electron chi connectivity index (χ3n) is 4.09. The van der Waals surface area contributed by atoms with E-state index in [2.05, 4.69) is 19.2 Å². The van der Waals surface area contributed by atoms with Gasteiger partial charge in [-0.3, -0.25) is 4.79 Å². The number of ether oxygens (including phenoxy) is 1. The van der Waals surface area contributed by atoms with Crippen LogP contribution in [0.3, 0.4) is 0 Å². The second kappa shape index (κ2) is 17.7. The number of nitrogens with one attached hydrogen (secondary N) is 1. The fourth-order valence-corrected chi connectivity index (χ4v) is 2.48. The number of carbonyl (C=O) groups excluding carboxylic acids is 1. The predicted octanol–water partition coefficient (Wildman–Crippen LogP) is 4.20. The third-order valence-corrected chi connectivity index (χ3v) is 4.09. The fourth-order valence-electron chi connectivity index (χ4n) is 2.48. The van der Waals surface area contributed by atoms with E-state index in [-0.39, 0.29) is 18.6 Å². The van der Waals surface area contributed by atoms with Crippen LogP contribution in [0.25, 0.3) is 0 Å². The van der Waals surface area contributed by atoms with Crippen molar-refractivity contribution in [3.63, 3.8) is 0 Å². The lowest BCUT2D eigenvalue weighted by molar-refractivity contribution is -0.122. The molecule has 4 heteroatoms. The van der Waals surface area contributed by atoms with Crippen LogP contribution >= 0.6 is 0 Å². The lowest BCUT2D eigenvalue weighted by atomic mass is 10.1. The molecule has 1 atom stereocenters. The van der Waals surface area contributed by atoms with Gasteiger partial charge in [0.2, 0.25) is 5.91 Å². The van der Waals surface area contributed by atoms with E-state index < -0.39 is 0 Å². The largest absolute Gasteiger partial charge is 0.394 e. The van der Waals surface area contributed by atoms with Crippen LogP contribution in [0, 0.1) is 0 Å². The minimum atomic E-state index is -0.270. The number of aliphatic hydroxyl groups excluding tert-OH is 1. The van der Waals surface area contributed by atoms with Crippen molar-refractivity contribution in [3.05, 3.63) is 0 Å². The van der Waals surface area contributed by atoms with Crippen molar-refractivity contribution in [2.24, 2.45) is 0 Å². The van der Waals surface area contributed by atoms with Crippen molar-refractivity contribution in [2.75, 3.05) is 19.8 Å². The van der Waals surface area contributed by atoms with E-state index in [0.29, 0.717) is 19.6 Å². The van der Waals surface area contributed by atoms with E-state index >= 15 is 0 Å². The molecule has 0 aliphatic carbocycles. The molecule has 138 valence electrons. The molecule has 0 bridgehead atoms. The first kappa shape index (κ1) is 22.4. The Hall–Kier alpha value is -0.610. The molecule has 0 saturated heterocycles. The van der Waals surface area contributed by atoms with E-state index in [1.54, 1.807) is 0 Å². The van der Waals surface area contributed by atoms with Gasteiger partial charge in [0.1, 0.15) is 0 Å². The van der Waals surface area contributed by atoms with Crippen molar-refractivity contribution < 1.29 is 14.6 Å². The number of carbonyl (C=O) groups is 1. The zero-order valence-electron chi connectivity index (χ0n) is 15.4. The first-order valence-corrected chi connectivity index (χ1v) is 9.73. The topological polar surface area (TPSA) is 58.6 Å². The fraction of sp³-hybridized carbons (Fsp3) is 0.947. The quantitative estimate of drug-likeness (QED) is 0.393. The molecule has 1 amide bonds. The molecular formula is C19H39NO3. The smallest absolute Gasteiger partial charge is 0.220 e. The molecule has 0 aliphatic heterocycles. The molecule has 2 N–H and O–H groups in total. The summed E-state index contributed by atoms with van der Waals surface area (Å²) in [5.74, 6) is 0.0745. The minimum Gasteiger partial charge on any atom is -0.394 e. The Kier molecular flexibility index (Phi) is 17.3. The highest BCUT2D eigenvalue weighted by atomic mass is 16.5. The summed E-state index contributed by atoms with van der Waals surface area (Å²) in [7, 11) is 0. The summed E-state index contributed by atoms with van der Waals surface area (Å²) in [5.41, 5.74) is 0. The van der Waals surface area contributed by atoms with Crippen LogP contribution in [0.5, 0.6) is 0 Å². The molecule has 0 aliphatic rings. The zero-order valence-corrected chi connectivity index (χ0v) is 15.4. The van der Waals surface area contributed by atoms with Crippen molar-refractivity contribution in [1.82, 2.24) is 5.32 Å². The Bertz CT molecular complexity index is 259. The molecule has 0 aromatic rings. The van der Waals surface area contributed by atoms with Gasteiger partial charge in [-0.1, -0.05) is 71.6 Å². The van der Waals surface area contributed by atoms with Gasteiger partial charge >= 0.3 is 0 Å². The Morgan fingerprint density at radius 3 is 2.04 bits per heavy atom. The predicted molar refractivity (Wildman–Crippen MR) is 96.6 cm³/mol. The van der Waals surface area contributed by atoms with E-state index in [9.17, 15) is 9.90 Å². The van der Waals surface area contributed by atoms with Crippen molar-refractivity contribution >= 4 is 5.91 Å². The molecule has 0 rings (SSSR count). The Labute approximate surface area is 143 Å². The number of rotatable bonds is 17. The third kappa shape index (κ3) is 16.0. The average molecular weight is 330 g/mol. The van der Waals surface area contributed by atoms with Gasteiger partial charge in [-0.15, -0.1) is 0 Å². The van der Waals surface area contributed by atoms with E-state index in [1.807, 2.05) is 0 Å². The summed E-state index contributed by atoms with van der Waals surface area (Å²) in [5, 5.41) is 12.1. The van der Waals surface area contributed by atoms with E-state index in [4.69, 9.17) is 4.74 Å². The molecule has 0 radical (unpaired) electrons.